The molecule has 242 valence electrons. The highest BCUT2D eigenvalue weighted by Crippen LogP contribution is 2.46. The van der Waals surface area contributed by atoms with Crippen molar-refractivity contribution in [3.63, 3.8) is 0 Å². The molecular weight excluding hydrogens is 608 g/mol. The Kier molecular flexibility index (Phi) is 9.07. The van der Waals surface area contributed by atoms with Crippen LogP contribution in [0.3, 0.4) is 0 Å². The molecular formula is C32H30O14. The molecule has 0 spiro atoms. The van der Waals surface area contributed by atoms with Gasteiger partial charge < -0.3 is 59.1 Å². The Hall–Kier alpha value is -5.28. The third-order valence-corrected chi connectivity index (χ3v) is 7.49. The highest BCUT2D eigenvalue weighted by molar-refractivity contribution is 5.89. The van der Waals surface area contributed by atoms with Gasteiger partial charge in [0.25, 0.3) is 0 Å². The normalized spacial score (nSPS) is 21.4. The minimum absolute atomic E-state index is 0.0139. The first-order valence-electron chi connectivity index (χ1n) is 13.8. The van der Waals surface area contributed by atoms with Crippen LogP contribution in [0.25, 0.3) is 28.4 Å². The van der Waals surface area contributed by atoms with Crippen LogP contribution in [0.2, 0.25) is 0 Å². The van der Waals surface area contributed by atoms with Crippen molar-refractivity contribution in [1.82, 2.24) is 0 Å². The molecule has 0 aliphatic carbocycles. The van der Waals surface area contributed by atoms with Crippen molar-refractivity contribution in [3.05, 3.63) is 76.0 Å². The van der Waals surface area contributed by atoms with Crippen LogP contribution < -0.4 is 14.9 Å². The molecule has 14 nitrogen and oxygen atoms in total. The molecule has 5 atom stereocenters. The number of rotatable bonds is 8. The average molecular weight is 639 g/mol. The lowest BCUT2D eigenvalue weighted by atomic mass is 9.89. The molecule has 4 aromatic rings. The van der Waals surface area contributed by atoms with Crippen molar-refractivity contribution in [2.45, 2.75) is 30.5 Å². The number of carbonyl (C=O) groups excluding carboxylic acids is 1. The topological polar surface area (TPSA) is 226 Å². The van der Waals surface area contributed by atoms with E-state index in [2.05, 4.69) is 0 Å². The van der Waals surface area contributed by atoms with Crippen LogP contribution in [0.1, 0.15) is 17.2 Å². The molecule has 7 N–H and O–H groups in total. The second-order valence-electron chi connectivity index (χ2n) is 10.3. The first-order valence-corrected chi connectivity index (χ1v) is 13.8. The van der Waals surface area contributed by atoms with Crippen molar-refractivity contribution in [2.75, 3.05) is 20.8 Å². The lowest BCUT2D eigenvalue weighted by Crippen LogP contribution is -2.56. The number of benzene rings is 3. The van der Waals surface area contributed by atoms with Gasteiger partial charge in [-0.3, -0.25) is 4.79 Å². The SMILES string of the molecule is COc1cc(/C=C/C(=O)OC2[C@@H](O)[C@H](O)C(CO)O[C@H]2c2c(O)cc3oc(-c4ccc(O)c(OC)c4)cc(=O)c3c2O)ccc1O. The summed E-state index contributed by atoms with van der Waals surface area (Å²) in [5, 5.41) is 72.8. The van der Waals surface area contributed by atoms with Crippen molar-refractivity contribution >= 4 is 23.0 Å². The molecule has 1 aliphatic heterocycles. The molecule has 2 unspecified atom stereocenters. The van der Waals surface area contributed by atoms with E-state index in [1.807, 2.05) is 0 Å². The highest BCUT2D eigenvalue weighted by Gasteiger charge is 2.49. The van der Waals surface area contributed by atoms with Crippen LogP contribution in [0.4, 0.5) is 0 Å². The number of ether oxygens (including phenoxy) is 4. The highest BCUT2D eigenvalue weighted by atomic mass is 16.6. The summed E-state index contributed by atoms with van der Waals surface area (Å²) in [5.74, 6) is -2.56. The van der Waals surface area contributed by atoms with Crippen LogP contribution in [0, 0.1) is 0 Å². The largest absolute Gasteiger partial charge is 0.507 e. The van der Waals surface area contributed by atoms with Gasteiger partial charge in [-0.15, -0.1) is 0 Å². The zero-order valence-electron chi connectivity index (χ0n) is 24.4. The minimum Gasteiger partial charge on any atom is -0.507 e. The first-order chi connectivity index (χ1) is 22.0. The quantitative estimate of drug-likeness (QED) is 0.108. The molecule has 3 aromatic carbocycles. The van der Waals surface area contributed by atoms with E-state index >= 15 is 0 Å². The smallest absolute Gasteiger partial charge is 0.331 e. The number of carbonyl (C=O) groups is 1. The summed E-state index contributed by atoms with van der Waals surface area (Å²) < 4.78 is 27.1. The molecule has 5 rings (SSSR count). The number of phenols is 4. The zero-order chi connectivity index (χ0) is 33.3. The predicted molar refractivity (Wildman–Crippen MR) is 160 cm³/mol. The fourth-order valence-electron chi connectivity index (χ4n) is 5.15. The van der Waals surface area contributed by atoms with Gasteiger partial charge in [0.2, 0.25) is 0 Å². The van der Waals surface area contributed by atoms with Crippen molar-refractivity contribution in [1.29, 1.82) is 0 Å². The van der Waals surface area contributed by atoms with Gasteiger partial charge in [-0.2, -0.15) is 0 Å². The third-order valence-electron chi connectivity index (χ3n) is 7.49. The van der Waals surface area contributed by atoms with Gasteiger partial charge in [-0.05, 0) is 42.0 Å². The van der Waals surface area contributed by atoms with E-state index in [1.165, 1.54) is 56.7 Å². The number of fused-ring (bicyclic) bond motifs is 1. The number of methoxy groups -OCH3 is 2. The minimum atomic E-state index is -1.88. The summed E-state index contributed by atoms with van der Waals surface area (Å²) in [6, 6.07) is 10.5. The Morgan fingerprint density at radius 1 is 0.891 bits per heavy atom. The Bertz CT molecular complexity index is 1860. The number of aromatic hydroxyl groups is 4. The maximum absolute atomic E-state index is 13.3. The summed E-state index contributed by atoms with van der Waals surface area (Å²) in [6.45, 7) is -0.797. The van der Waals surface area contributed by atoms with Crippen molar-refractivity contribution in [3.8, 4) is 45.8 Å². The van der Waals surface area contributed by atoms with Crippen LogP contribution in [-0.2, 0) is 14.3 Å². The van der Waals surface area contributed by atoms with Gasteiger partial charge >= 0.3 is 5.97 Å². The second kappa shape index (κ2) is 13.0. The fourth-order valence-corrected chi connectivity index (χ4v) is 5.15. The number of aliphatic hydroxyl groups excluding tert-OH is 3. The monoisotopic (exact) mass is 638 g/mol. The average Bonchev–Trinajstić information content (AvgIpc) is 3.03. The summed E-state index contributed by atoms with van der Waals surface area (Å²) in [5.41, 5.74) is -0.706. The predicted octanol–water partition coefficient (Wildman–Crippen LogP) is 2.08. The standard InChI is InChI=1S/C32H30O14/c1-42-21-9-14(3-6-16(21)34)4-8-25(38)46-32-30(41)28(39)24(13-33)45-31(32)27-19(37)12-23-26(29(27)40)18(36)11-20(44-23)15-5-7-17(35)22(10-15)43-2/h3-12,24,28,30-35,37,39-41H,13H2,1-2H3/b8-4+/t24?,28-,30+,31+,32?/m1/s1. The maximum atomic E-state index is 13.3. The Labute approximate surface area is 260 Å². The van der Waals surface area contributed by atoms with E-state index in [-0.39, 0.29) is 34.3 Å². The Morgan fingerprint density at radius 3 is 2.24 bits per heavy atom. The maximum Gasteiger partial charge on any atom is 0.331 e. The lowest BCUT2D eigenvalue weighted by Gasteiger charge is -2.42. The van der Waals surface area contributed by atoms with Crippen LogP contribution in [0.15, 0.2) is 63.8 Å². The summed E-state index contributed by atoms with van der Waals surface area (Å²) in [6.07, 6.45) is -6.20. The van der Waals surface area contributed by atoms with Crippen LogP contribution in [-0.4, -0.2) is 87.0 Å². The molecule has 1 fully saturated rings. The van der Waals surface area contributed by atoms with Crippen molar-refractivity contribution < 1.29 is 63.9 Å². The van der Waals surface area contributed by atoms with E-state index in [0.717, 1.165) is 18.2 Å². The van der Waals surface area contributed by atoms with E-state index in [4.69, 9.17) is 23.4 Å². The van der Waals surface area contributed by atoms with Gasteiger partial charge in [0, 0.05) is 23.8 Å². The van der Waals surface area contributed by atoms with Crippen LogP contribution in [0.5, 0.6) is 34.5 Å². The first kappa shape index (κ1) is 32.1. The molecule has 46 heavy (non-hydrogen) atoms. The molecule has 0 radical (unpaired) electrons. The van der Waals surface area contributed by atoms with E-state index < -0.39 is 71.0 Å². The second-order valence-corrected chi connectivity index (χ2v) is 10.3. The molecule has 14 heteroatoms. The molecule has 0 saturated carbocycles. The van der Waals surface area contributed by atoms with E-state index in [0.29, 0.717) is 11.1 Å². The number of hydrogen-bond acceptors (Lipinski definition) is 14. The van der Waals surface area contributed by atoms with Gasteiger partial charge in [0.05, 0.1) is 26.4 Å². The molecule has 1 aliphatic rings. The van der Waals surface area contributed by atoms with Crippen LogP contribution >= 0.6 is 0 Å². The Morgan fingerprint density at radius 2 is 1.57 bits per heavy atom. The van der Waals surface area contributed by atoms with E-state index in [1.54, 1.807) is 0 Å². The number of hydrogen-bond donors (Lipinski definition) is 7. The fraction of sp³-hybridized carbons (Fsp3) is 0.250. The Balaban J connectivity index is 1.53. The number of phenolic OH excluding ortho intramolecular Hbond substituents is 4. The summed E-state index contributed by atoms with van der Waals surface area (Å²) in [7, 11) is 2.69. The number of aliphatic hydroxyl groups is 3. The summed E-state index contributed by atoms with van der Waals surface area (Å²) >= 11 is 0. The molecule has 0 bridgehead atoms. The summed E-state index contributed by atoms with van der Waals surface area (Å²) in [4.78, 5) is 26.1. The van der Waals surface area contributed by atoms with Crippen molar-refractivity contribution in [2.24, 2.45) is 0 Å². The molecule has 1 aromatic heterocycles. The van der Waals surface area contributed by atoms with Gasteiger partial charge in [-0.25, -0.2) is 4.79 Å². The third kappa shape index (κ3) is 6.01. The van der Waals surface area contributed by atoms with Gasteiger partial charge in [0.1, 0.15) is 52.6 Å². The zero-order valence-corrected chi connectivity index (χ0v) is 24.4. The molecule has 0 amide bonds. The molecule has 2 heterocycles. The van der Waals surface area contributed by atoms with Gasteiger partial charge in [0.15, 0.2) is 34.5 Å². The number of esters is 1. The van der Waals surface area contributed by atoms with Gasteiger partial charge in [-0.1, -0.05) is 6.07 Å². The lowest BCUT2D eigenvalue weighted by molar-refractivity contribution is -0.240. The van der Waals surface area contributed by atoms with E-state index in [9.17, 15) is 45.3 Å². The molecule has 1 saturated heterocycles.